The van der Waals surface area contributed by atoms with Crippen molar-refractivity contribution in [2.45, 2.75) is 12.9 Å². The maximum atomic E-state index is 12.4. The van der Waals surface area contributed by atoms with Crippen molar-refractivity contribution in [2.75, 3.05) is 0 Å². The first kappa shape index (κ1) is 15.5. The predicted molar refractivity (Wildman–Crippen MR) is 72.5 cm³/mol. The Morgan fingerprint density at radius 1 is 1.00 bits per heavy atom. The van der Waals surface area contributed by atoms with Crippen molar-refractivity contribution in [3.63, 3.8) is 0 Å². The summed E-state index contributed by atoms with van der Waals surface area (Å²) in [6.45, 7) is 0.162. The Labute approximate surface area is 124 Å². The summed E-state index contributed by atoms with van der Waals surface area (Å²) in [6, 6.07) is 10.2. The van der Waals surface area contributed by atoms with Crippen LogP contribution in [0.1, 0.15) is 5.56 Å². The van der Waals surface area contributed by atoms with Crippen molar-refractivity contribution in [2.24, 2.45) is 5.73 Å². The van der Waals surface area contributed by atoms with Gasteiger partial charge in [0.2, 0.25) is 0 Å². The number of hydrogen-bond donors (Lipinski definition) is 1. The van der Waals surface area contributed by atoms with Crippen LogP contribution in [0.25, 0.3) is 0 Å². The molecule has 2 aromatic rings. The number of hydrogen-bond acceptors (Lipinski definition) is 3. The standard InChI is InChI=1S/C14H11ClF3NO2/c15-10-6-5-9(8-19)13(7-10)20-11-3-1-2-4-12(11)21-14(16,17)18/h1-7H,8,19H2. The molecule has 0 saturated heterocycles. The lowest BCUT2D eigenvalue weighted by molar-refractivity contribution is -0.275. The van der Waals surface area contributed by atoms with Crippen molar-refractivity contribution in [3.8, 4) is 17.2 Å². The Hall–Kier alpha value is -1.92. The molecule has 21 heavy (non-hydrogen) atoms. The number of alkyl halides is 3. The molecule has 0 bridgehead atoms. The molecule has 0 aliphatic rings. The topological polar surface area (TPSA) is 44.5 Å². The van der Waals surface area contributed by atoms with Gasteiger partial charge in [-0.25, -0.2) is 0 Å². The van der Waals surface area contributed by atoms with Crippen LogP contribution in [0, 0.1) is 0 Å². The van der Waals surface area contributed by atoms with Crippen LogP contribution < -0.4 is 15.2 Å². The number of nitrogens with two attached hydrogens (primary N) is 1. The SMILES string of the molecule is NCc1ccc(Cl)cc1Oc1ccccc1OC(F)(F)F. The number of para-hydroxylation sites is 2. The molecule has 2 N–H and O–H groups in total. The number of halogens is 4. The molecule has 0 aliphatic carbocycles. The lowest BCUT2D eigenvalue weighted by Crippen LogP contribution is -2.17. The highest BCUT2D eigenvalue weighted by Gasteiger charge is 2.32. The first-order chi connectivity index (χ1) is 9.89. The summed E-state index contributed by atoms with van der Waals surface area (Å²) in [5.41, 5.74) is 6.17. The molecule has 3 nitrogen and oxygen atoms in total. The second-order valence-corrected chi connectivity index (χ2v) is 4.49. The molecule has 0 amide bonds. The van der Waals surface area contributed by atoms with E-state index < -0.39 is 12.1 Å². The largest absolute Gasteiger partial charge is 0.573 e. The molecule has 0 radical (unpaired) electrons. The summed E-state index contributed by atoms with van der Waals surface area (Å²) >= 11 is 5.85. The summed E-state index contributed by atoms with van der Waals surface area (Å²) in [6.07, 6.45) is -4.80. The van der Waals surface area contributed by atoms with Gasteiger partial charge in [-0.05, 0) is 24.3 Å². The van der Waals surface area contributed by atoms with Gasteiger partial charge in [-0.2, -0.15) is 0 Å². The zero-order valence-electron chi connectivity index (χ0n) is 10.7. The molecular weight excluding hydrogens is 307 g/mol. The first-order valence-electron chi connectivity index (χ1n) is 5.90. The van der Waals surface area contributed by atoms with Gasteiger partial charge < -0.3 is 15.2 Å². The van der Waals surface area contributed by atoms with Crippen LogP contribution in [-0.4, -0.2) is 6.36 Å². The van der Waals surface area contributed by atoms with E-state index >= 15 is 0 Å². The number of rotatable bonds is 4. The quantitative estimate of drug-likeness (QED) is 0.903. The average molecular weight is 318 g/mol. The van der Waals surface area contributed by atoms with E-state index in [1.54, 1.807) is 12.1 Å². The monoisotopic (exact) mass is 317 g/mol. The first-order valence-corrected chi connectivity index (χ1v) is 6.28. The summed E-state index contributed by atoms with van der Waals surface area (Å²) in [7, 11) is 0. The van der Waals surface area contributed by atoms with E-state index in [9.17, 15) is 13.2 Å². The van der Waals surface area contributed by atoms with Gasteiger partial charge >= 0.3 is 6.36 Å². The molecule has 0 unspecified atom stereocenters. The third-order valence-corrected chi connectivity index (χ3v) is 2.78. The maximum absolute atomic E-state index is 12.4. The summed E-state index contributed by atoms with van der Waals surface area (Å²) < 4.78 is 46.4. The summed E-state index contributed by atoms with van der Waals surface area (Å²) in [5, 5.41) is 0.386. The predicted octanol–water partition coefficient (Wildman–Crippen LogP) is 4.49. The Bertz CT molecular complexity index is 632. The van der Waals surface area contributed by atoms with Gasteiger partial charge in [0.1, 0.15) is 5.75 Å². The van der Waals surface area contributed by atoms with Crippen molar-refractivity contribution >= 4 is 11.6 Å². The molecule has 2 rings (SSSR count). The Morgan fingerprint density at radius 3 is 2.29 bits per heavy atom. The summed E-state index contributed by atoms with van der Waals surface area (Å²) in [5.74, 6) is -0.233. The van der Waals surface area contributed by atoms with Crippen LogP contribution in [0.2, 0.25) is 5.02 Å². The lowest BCUT2D eigenvalue weighted by atomic mass is 10.2. The van der Waals surface area contributed by atoms with Crippen LogP contribution in [0.4, 0.5) is 13.2 Å². The lowest BCUT2D eigenvalue weighted by Gasteiger charge is -2.15. The number of benzene rings is 2. The minimum atomic E-state index is -4.80. The fraction of sp³-hybridized carbons (Fsp3) is 0.143. The molecule has 0 heterocycles. The maximum Gasteiger partial charge on any atom is 0.573 e. The van der Waals surface area contributed by atoms with Gasteiger partial charge in [0.15, 0.2) is 11.5 Å². The van der Waals surface area contributed by atoms with Crippen LogP contribution in [0.15, 0.2) is 42.5 Å². The second kappa shape index (κ2) is 6.24. The van der Waals surface area contributed by atoms with Crippen molar-refractivity contribution in [1.82, 2.24) is 0 Å². The molecule has 2 aromatic carbocycles. The highest BCUT2D eigenvalue weighted by atomic mass is 35.5. The van der Waals surface area contributed by atoms with Crippen LogP contribution in [0.3, 0.4) is 0 Å². The van der Waals surface area contributed by atoms with Gasteiger partial charge in [0, 0.05) is 17.1 Å². The molecule has 0 spiro atoms. The van der Waals surface area contributed by atoms with Gasteiger partial charge in [0.05, 0.1) is 0 Å². The minimum absolute atomic E-state index is 0.0770. The van der Waals surface area contributed by atoms with E-state index in [1.807, 2.05) is 0 Å². The van der Waals surface area contributed by atoms with Gasteiger partial charge in [-0.15, -0.1) is 13.2 Å². The fourth-order valence-electron chi connectivity index (χ4n) is 1.65. The van der Waals surface area contributed by atoms with Crippen molar-refractivity contribution < 1.29 is 22.6 Å². The average Bonchev–Trinajstić information content (AvgIpc) is 2.40. The van der Waals surface area contributed by atoms with E-state index in [2.05, 4.69) is 4.74 Å². The Balaban J connectivity index is 2.34. The van der Waals surface area contributed by atoms with Gasteiger partial charge in [-0.1, -0.05) is 29.8 Å². The van der Waals surface area contributed by atoms with E-state index in [-0.39, 0.29) is 18.0 Å². The molecule has 0 fully saturated rings. The zero-order chi connectivity index (χ0) is 15.5. The Morgan fingerprint density at radius 2 is 1.67 bits per heavy atom. The zero-order valence-corrected chi connectivity index (χ0v) is 11.4. The molecule has 0 aromatic heterocycles. The van der Waals surface area contributed by atoms with E-state index in [0.717, 1.165) is 6.07 Å². The van der Waals surface area contributed by atoms with Crippen LogP contribution in [0.5, 0.6) is 17.2 Å². The fourth-order valence-corrected chi connectivity index (χ4v) is 1.82. The van der Waals surface area contributed by atoms with Crippen LogP contribution in [-0.2, 0) is 6.54 Å². The van der Waals surface area contributed by atoms with E-state index in [1.165, 1.54) is 24.3 Å². The third-order valence-electron chi connectivity index (χ3n) is 2.54. The number of ether oxygens (including phenoxy) is 2. The normalized spacial score (nSPS) is 11.3. The second-order valence-electron chi connectivity index (χ2n) is 4.05. The molecule has 0 atom stereocenters. The smallest absolute Gasteiger partial charge is 0.453 e. The van der Waals surface area contributed by atoms with Crippen molar-refractivity contribution in [1.29, 1.82) is 0 Å². The molecule has 112 valence electrons. The highest BCUT2D eigenvalue weighted by molar-refractivity contribution is 6.30. The van der Waals surface area contributed by atoms with Crippen LogP contribution >= 0.6 is 11.6 Å². The molecular formula is C14H11ClF3NO2. The molecule has 0 saturated carbocycles. The van der Waals surface area contributed by atoms with E-state index in [4.69, 9.17) is 22.1 Å². The van der Waals surface area contributed by atoms with Gasteiger partial charge in [-0.3, -0.25) is 0 Å². The molecule has 0 aliphatic heterocycles. The molecule has 7 heteroatoms. The summed E-state index contributed by atoms with van der Waals surface area (Å²) in [4.78, 5) is 0. The minimum Gasteiger partial charge on any atom is -0.453 e. The Kier molecular flexibility index (Phi) is 4.59. The highest BCUT2D eigenvalue weighted by Crippen LogP contribution is 2.36. The van der Waals surface area contributed by atoms with Crippen molar-refractivity contribution in [3.05, 3.63) is 53.1 Å². The third kappa shape index (κ3) is 4.27. The van der Waals surface area contributed by atoms with E-state index in [0.29, 0.717) is 10.6 Å². The van der Waals surface area contributed by atoms with Gasteiger partial charge in [0.25, 0.3) is 0 Å².